The minimum atomic E-state index is -1.09. The average Bonchev–Trinajstić information content (AvgIpc) is 2.73. The van der Waals surface area contributed by atoms with Gasteiger partial charge in [0, 0.05) is 47.3 Å². The fraction of sp³-hybridized carbons (Fsp3) is 0.208. The SMILES string of the molecule is Cc1cnc2ccc(-c3cnc(C(C)(C)O)nc3)cc2c1NCc1ccccc1F. The highest BCUT2D eigenvalue weighted by molar-refractivity contribution is 5.95. The zero-order valence-corrected chi connectivity index (χ0v) is 17.1. The molecular weight excluding hydrogens is 379 g/mol. The average molecular weight is 402 g/mol. The summed E-state index contributed by atoms with van der Waals surface area (Å²) in [4.78, 5) is 13.1. The van der Waals surface area contributed by atoms with Crippen LogP contribution >= 0.6 is 0 Å². The van der Waals surface area contributed by atoms with Crippen molar-refractivity contribution in [3.05, 3.63) is 83.8 Å². The Balaban J connectivity index is 1.71. The molecule has 0 saturated carbocycles. The van der Waals surface area contributed by atoms with Crippen molar-refractivity contribution in [3.8, 4) is 11.1 Å². The van der Waals surface area contributed by atoms with E-state index in [2.05, 4.69) is 20.3 Å². The molecule has 0 bridgehead atoms. The van der Waals surface area contributed by atoms with Crippen molar-refractivity contribution in [3.63, 3.8) is 0 Å². The van der Waals surface area contributed by atoms with E-state index in [1.165, 1.54) is 6.07 Å². The van der Waals surface area contributed by atoms with Crippen LogP contribution < -0.4 is 5.32 Å². The van der Waals surface area contributed by atoms with Crippen LogP contribution in [-0.2, 0) is 12.1 Å². The molecule has 0 aliphatic carbocycles. The molecule has 30 heavy (non-hydrogen) atoms. The summed E-state index contributed by atoms with van der Waals surface area (Å²) in [6.07, 6.45) is 5.22. The Labute approximate surface area is 174 Å². The summed E-state index contributed by atoms with van der Waals surface area (Å²) in [5, 5.41) is 14.4. The number of aromatic nitrogens is 3. The second-order valence-electron chi connectivity index (χ2n) is 7.85. The zero-order valence-electron chi connectivity index (χ0n) is 17.1. The second kappa shape index (κ2) is 7.80. The maximum Gasteiger partial charge on any atom is 0.159 e. The van der Waals surface area contributed by atoms with E-state index in [4.69, 9.17) is 0 Å². The minimum Gasteiger partial charge on any atom is -0.382 e. The first-order chi connectivity index (χ1) is 14.3. The van der Waals surface area contributed by atoms with Crippen LogP contribution in [0.5, 0.6) is 0 Å². The summed E-state index contributed by atoms with van der Waals surface area (Å²) in [6, 6.07) is 12.7. The number of aliphatic hydroxyl groups is 1. The van der Waals surface area contributed by atoms with E-state index in [-0.39, 0.29) is 5.82 Å². The van der Waals surface area contributed by atoms with E-state index >= 15 is 0 Å². The van der Waals surface area contributed by atoms with E-state index < -0.39 is 5.60 Å². The summed E-state index contributed by atoms with van der Waals surface area (Å²) in [6.45, 7) is 5.66. The summed E-state index contributed by atoms with van der Waals surface area (Å²) in [5.41, 5.74) is 4.02. The molecule has 0 atom stereocenters. The molecule has 5 nitrogen and oxygen atoms in total. The number of nitrogens with one attached hydrogen (secondary N) is 1. The molecule has 2 aromatic carbocycles. The van der Waals surface area contributed by atoms with E-state index in [0.29, 0.717) is 17.9 Å². The molecule has 6 heteroatoms. The van der Waals surface area contributed by atoms with Gasteiger partial charge in [0.05, 0.1) is 5.52 Å². The first kappa shape index (κ1) is 19.9. The number of rotatable bonds is 5. The Hall–Kier alpha value is -3.38. The molecule has 0 aliphatic rings. The van der Waals surface area contributed by atoms with Crippen LogP contribution in [0.4, 0.5) is 10.1 Å². The van der Waals surface area contributed by atoms with Crippen molar-refractivity contribution in [2.45, 2.75) is 32.9 Å². The first-order valence-electron chi connectivity index (χ1n) is 9.75. The third-order valence-electron chi connectivity index (χ3n) is 5.00. The molecule has 4 aromatic rings. The molecule has 0 fully saturated rings. The Morgan fingerprint density at radius 1 is 0.967 bits per heavy atom. The van der Waals surface area contributed by atoms with Gasteiger partial charge in [-0.15, -0.1) is 0 Å². The molecule has 2 heterocycles. The van der Waals surface area contributed by atoms with Crippen molar-refractivity contribution in [2.24, 2.45) is 0 Å². The fourth-order valence-corrected chi connectivity index (χ4v) is 3.32. The lowest BCUT2D eigenvalue weighted by Crippen LogP contribution is -2.19. The molecule has 0 amide bonds. The van der Waals surface area contributed by atoms with Gasteiger partial charge in [-0.1, -0.05) is 24.3 Å². The van der Waals surface area contributed by atoms with Crippen LogP contribution in [0.1, 0.15) is 30.8 Å². The Bertz CT molecular complexity index is 1200. The number of hydrogen-bond acceptors (Lipinski definition) is 5. The summed E-state index contributed by atoms with van der Waals surface area (Å²) in [7, 11) is 0. The summed E-state index contributed by atoms with van der Waals surface area (Å²) in [5.74, 6) is 0.141. The standard InChI is InChI=1S/C24H23FN4O/c1-15-11-26-21-9-8-16(18-13-28-23(29-14-18)24(2,3)30)10-19(21)22(15)27-12-17-6-4-5-7-20(17)25/h4-11,13-14,30H,12H2,1-3H3,(H,26,27). The van der Waals surface area contributed by atoms with E-state index in [9.17, 15) is 9.50 Å². The van der Waals surface area contributed by atoms with Crippen molar-refractivity contribution >= 4 is 16.6 Å². The monoisotopic (exact) mass is 402 g/mol. The summed E-state index contributed by atoms with van der Waals surface area (Å²) < 4.78 is 14.0. The second-order valence-corrected chi connectivity index (χ2v) is 7.85. The molecule has 0 spiro atoms. The maximum absolute atomic E-state index is 14.0. The molecule has 0 aliphatic heterocycles. The Morgan fingerprint density at radius 3 is 2.40 bits per heavy atom. The first-order valence-corrected chi connectivity index (χ1v) is 9.75. The van der Waals surface area contributed by atoms with Gasteiger partial charge in [0.15, 0.2) is 5.82 Å². The normalized spacial score (nSPS) is 11.6. The number of fused-ring (bicyclic) bond motifs is 1. The molecule has 0 radical (unpaired) electrons. The van der Waals surface area contributed by atoms with Gasteiger partial charge in [0.1, 0.15) is 11.4 Å². The van der Waals surface area contributed by atoms with Crippen LogP contribution in [0, 0.1) is 12.7 Å². The van der Waals surface area contributed by atoms with Crippen molar-refractivity contribution < 1.29 is 9.50 Å². The molecule has 4 rings (SSSR count). The Morgan fingerprint density at radius 2 is 1.70 bits per heavy atom. The number of pyridine rings is 1. The van der Waals surface area contributed by atoms with Gasteiger partial charge in [0.25, 0.3) is 0 Å². The highest BCUT2D eigenvalue weighted by Gasteiger charge is 2.19. The maximum atomic E-state index is 14.0. The number of hydrogen-bond donors (Lipinski definition) is 2. The lowest BCUT2D eigenvalue weighted by atomic mass is 10.0. The zero-order chi connectivity index (χ0) is 21.3. The number of nitrogens with zero attached hydrogens (tertiary/aromatic N) is 3. The minimum absolute atomic E-state index is 0.231. The van der Waals surface area contributed by atoms with Crippen molar-refractivity contribution in [1.29, 1.82) is 0 Å². The Kier molecular flexibility index (Phi) is 5.18. The van der Waals surface area contributed by atoms with Gasteiger partial charge < -0.3 is 10.4 Å². The molecular formula is C24H23FN4O. The quantitative estimate of drug-likeness (QED) is 0.493. The van der Waals surface area contributed by atoms with Gasteiger partial charge in [0.2, 0.25) is 0 Å². The third kappa shape index (κ3) is 4.00. The van der Waals surface area contributed by atoms with Crippen LogP contribution in [0.2, 0.25) is 0 Å². The van der Waals surface area contributed by atoms with Crippen LogP contribution in [0.15, 0.2) is 61.1 Å². The topological polar surface area (TPSA) is 70.9 Å². The molecule has 0 unspecified atom stereocenters. The molecule has 2 aromatic heterocycles. The number of anilines is 1. The highest BCUT2D eigenvalue weighted by Crippen LogP contribution is 2.30. The van der Waals surface area contributed by atoms with Crippen molar-refractivity contribution in [2.75, 3.05) is 5.32 Å². The van der Waals surface area contributed by atoms with Gasteiger partial charge in [-0.05, 0) is 50.1 Å². The lowest BCUT2D eigenvalue weighted by molar-refractivity contribution is 0.0687. The van der Waals surface area contributed by atoms with Crippen molar-refractivity contribution in [1.82, 2.24) is 15.0 Å². The van der Waals surface area contributed by atoms with Gasteiger partial charge >= 0.3 is 0 Å². The van der Waals surface area contributed by atoms with Crippen LogP contribution in [0.3, 0.4) is 0 Å². The summed E-state index contributed by atoms with van der Waals surface area (Å²) >= 11 is 0. The third-order valence-corrected chi connectivity index (χ3v) is 5.00. The number of benzene rings is 2. The van der Waals surface area contributed by atoms with Crippen LogP contribution in [0.25, 0.3) is 22.0 Å². The van der Waals surface area contributed by atoms with E-state index in [0.717, 1.165) is 33.3 Å². The predicted molar refractivity (Wildman–Crippen MR) is 116 cm³/mol. The van der Waals surface area contributed by atoms with Gasteiger partial charge in [-0.3, -0.25) is 4.98 Å². The van der Waals surface area contributed by atoms with Gasteiger partial charge in [-0.2, -0.15) is 0 Å². The molecule has 0 saturated heterocycles. The van der Waals surface area contributed by atoms with Crippen LogP contribution in [-0.4, -0.2) is 20.1 Å². The molecule has 152 valence electrons. The smallest absolute Gasteiger partial charge is 0.159 e. The van der Waals surface area contributed by atoms with E-state index in [1.54, 1.807) is 38.4 Å². The number of halogens is 1. The largest absolute Gasteiger partial charge is 0.382 e. The van der Waals surface area contributed by atoms with Gasteiger partial charge in [-0.25, -0.2) is 14.4 Å². The fourth-order valence-electron chi connectivity index (χ4n) is 3.32. The van der Waals surface area contributed by atoms with E-state index in [1.807, 2.05) is 37.4 Å². The predicted octanol–water partition coefficient (Wildman–Crippen LogP) is 4.98. The molecule has 2 N–H and O–H groups in total. The number of aryl methyl sites for hydroxylation is 1. The lowest BCUT2D eigenvalue weighted by Gasteiger charge is -2.16. The highest BCUT2D eigenvalue weighted by atomic mass is 19.1.